The molecule has 1 aliphatic rings. The minimum Gasteiger partial charge on any atom is -0.478 e. The van der Waals surface area contributed by atoms with Crippen molar-refractivity contribution in [1.82, 2.24) is 9.97 Å². The summed E-state index contributed by atoms with van der Waals surface area (Å²) in [5.74, 6) is 1.37. The van der Waals surface area contributed by atoms with Gasteiger partial charge in [-0.2, -0.15) is 0 Å². The van der Waals surface area contributed by atoms with Crippen molar-refractivity contribution < 1.29 is 4.74 Å². The van der Waals surface area contributed by atoms with Crippen LogP contribution in [0.2, 0.25) is 0 Å². The number of anilines is 1. The van der Waals surface area contributed by atoms with Gasteiger partial charge in [-0.15, -0.1) is 12.4 Å². The molecule has 0 aliphatic carbocycles. The van der Waals surface area contributed by atoms with Crippen LogP contribution >= 0.6 is 12.4 Å². The van der Waals surface area contributed by atoms with Crippen LogP contribution < -0.4 is 15.4 Å². The minimum atomic E-state index is 0. The predicted molar refractivity (Wildman–Crippen MR) is 78.1 cm³/mol. The fraction of sp³-hybridized carbons (Fsp3) is 0.385. The highest BCUT2D eigenvalue weighted by Gasteiger charge is 2.24. The van der Waals surface area contributed by atoms with Gasteiger partial charge in [-0.25, -0.2) is 9.97 Å². The van der Waals surface area contributed by atoms with Crippen molar-refractivity contribution in [3.8, 4) is 5.88 Å². The zero-order valence-electron chi connectivity index (χ0n) is 10.7. The van der Waals surface area contributed by atoms with Crippen molar-refractivity contribution in [2.75, 3.05) is 25.1 Å². The first kappa shape index (κ1) is 13.8. The van der Waals surface area contributed by atoms with E-state index in [1.54, 1.807) is 7.11 Å². The summed E-state index contributed by atoms with van der Waals surface area (Å²) < 4.78 is 5.34. The summed E-state index contributed by atoms with van der Waals surface area (Å²) in [4.78, 5) is 11.3. The van der Waals surface area contributed by atoms with E-state index in [2.05, 4.69) is 14.9 Å². The molecule has 0 radical (unpaired) electrons. The van der Waals surface area contributed by atoms with Crippen LogP contribution in [0.4, 0.5) is 5.82 Å². The minimum absolute atomic E-state index is 0. The molecule has 2 heterocycles. The molecule has 3 rings (SSSR count). The number of para-hydroxylation sites is 2. The first-order chi connectivity index (χ1) is 8.78. The topological polar surface area (TPSA) is 64.3 Å². The van der Waals surface area contributed by atoms with Crippen LogP contribution in [0.3, 0.4) is 0 Å². The van der Waals surface area contributed by atoms with Crippen LogP contribution in [-0.4, -0.2) is 36.2 Å². The first-order valence-electron chi connectivity index (χ1n) is 6.09. The van der Waals surface area contributed by atoms with Crippen LogP contribution in [0.25, 0.3) is 11.0 Å². The Bertz CT molecular complexity index is 578. The Hall–Kier alpha value is -1.59. The van der Waals surface area contributed by atoms with Crippen molar-refractivity contribution in [3.05, 3.63) is 24.3 Å². The Kier molecular flexibility index (Phi) is 4.07. The maximum Gasteiger partial charge on any atom is 0.257 e. The predicted octanol–water partition coefficient (Wildman–Crippen LogP) is 1.60. The molecule has 19 heavy (non-hydrogen) atoms. The van der Waals surface area contributed by atoms with Crippen LogP contribution in [0.1, 0.15) is 6.42 Å². The lowest BCUT2D eigenvalue weighted by atomic mass is 10.3. The molecule has 0 saturated carbocycles. The monoisotopic (exact) mass is 280 g/mol. The number of hydrogen-bond donors (Lipinski definition) is 1. The van der Waals surface area contributed by atoms with Gasteiger partial charge in [-0.3, -0.25) is 0 Å². The number of benzene rings is 1. The second-order valence-electron chi connectivity index (χ2n) is 4.54. The molecule has 102 valence electrons. The molecule has 0 bridgehead atoms. The third-order valence-corrected chi connectivity index (χ3v) is 3.24. The summed E-state index contributed by atoms with van der Waals surface area (Å²) in [5, 5.41) is 0. The standard InChI is InChI=1S/C13H16N4O.ClH/c1-18-13-12(17-7-6-9(14)8-17)15-10-4-2-3-5-11(10)16-13;/h2-5,9H,6-8,14H2,1H3;1H/t9-;/m1./s1. The second-order valence-corrected chi connectivity index (χ2v) is 4.54. The molecule has 1 aliphatic heterocycles. The molecule has 1 atom stereocenters. The molecule has 2 aromatic rings. The van der Waals surface area contributed by atoms with E-state index >= 15 is 0 Å². The number of rotatable bonds is 2. The molecule has 1 fully saturated rings. The highest BCUT2D eigenvalue weighted by molar-refractivity contribution is 5.85. The van der Waals surface area contributed by atoms with Crippen LogP contribution in [0.5, 0.6) is 5.88 Å². The van der Waals surface area contributed by atoms with E-state index in [9.17, 15) is 0 Å². The second kappa shape index (κ2) is 5.59. The first-order valence-corrected chi connectivity index (χ1v) is 6.09. The van der Waals surface area contributed by atoms with Gasteiger partial charge in [0.25, 0.3) is 5.88 Å². The SMILES string of the molecule is COc1nc2ccccc2nc1N1CC[C@@H](N)C1.Cl. The molecule has 0 spiro atoms. The van der Waals surface area contributed by atoms with Crippen molar-refractivity contribution >= 4 is 29.3 Å². The Morgan fingerprint density at radius 2 is 1.95 bits per heavy atom. The lowest BCUT2D eigenvalue weighted by Crippen LogP contribution is -2.27. The number of nitrogens with two attached hydrogens (primary N) is 1. The number of hydrogen-bond acceptors (Lipinski definition) is 5. The third-order valence-electron chi connectivity index (χ3n) is 3.24. The number of ether oxygens (including phenoxy) is 1. The third kappa shape index (κ3) is 2.57. The van der Waals surface area contributed by atoms with Gasteiger partial charge in [0.05, 0.1) is 18.1 Å². The highest BCUT2D eigenvalue weighted by atomic mass is 35.5. The van der Waals surface area contributed by atoms with Crippen molar-refractivity contribution in [1.29, 1.82) is 0 Å². The van der Waals surface area contributed by atoms with Gasteiger partial charge < -0.3 is 15.4 Å². The normalized spacial score (nSPS) is 18.4. The molecule has 6 heteroatoms. The Morgan fingerprint density at radius 1 is 1.26 bits per heavy atom. The molecule has 1 saturated heterocycles. The summed E-state index contributed by atoms with van der Waals surface area (Å²) in [6.45, 7) is 1.72. The van der Waals surface area contributed by atoms with Gasteiger partial charge in [0.15, 0.2) is 5.82 Å². The Balaban J connectivity index is 0.00000133. The zero-order chi connectivity index (χ0) is 12.5. The van der Waals surface area contributed by atoms with Crippen molar-refractivity contribution in [3.63, 3.8) is 0 Å². The molecule has 1 aromatic carbocycles. The average molecular weight is 281 g/mol. The zero-order valence-corrected chi connectivity index (χ0v) is 11.6. The maximum atomic E-state index is 5.94. The van der Waals surface area contributed by atoms with E-state index in [-0.39, 0.29) is 18.4 Å². The van der Waals surface area contributed by atoms with E-state index in [0.29, 0.717) is 5.88 Å². The summed E-state index contributed by atoms with van der Waals surface area (Å²) in [5.41, 5.74) is 7.67. The van der Waals surface area contributed by atoms with E-state index < -0.39 is 0 Å². The fourth-order valence-electron chi connectivity index (χ4n) is 2.30. The van der Waals surface area contributed by atoms with Gasteiger partial charge in [0, 0.05) is 19.1 Å². The smallest absolute Gasteiger partial charge is 0.257 e. The van der Waals surface area contributed by atoms with Gasteiger partial charge in [-0.1, -0.05) is 12.1 Å². The lowest BCUT2D eigenvalue weighted by molar-refractivity contribution is 0.398. The number of halogens is 1. The van der Waals surface area contributed by atoms with Crippen molar-refractivity contribution in [2.45, 2.75) is 12.5 Å². The molecule has 0 unspecified atom stereocenters. The number of aromatic nitrogens is 2. The van der Waals surface area contributed by atoms with Gasteiger partial charge >= 0.3 is 0 Å². The molecule has 2 N–H and O–H groups in total. The molecule has 1 aromatic heterocycles. The van der Waals surface area contributed by atoms with E-state index in [4.69, 9.17) is 10.5 Å². The highest BCUT2D eigenvalue weighted by Crippen LogP contribution is 2.28. The summed E-state index contributed by atoms with van der Waals surface area (Å²) in [7, 11) is 1.62. The summed E-state index contributed by atoms with van der Waals surface area (Å²) in [6, 6.07) is 8.01. The number of nitrogens with zero attached hydrogens (tertiary/aromatic N) is 3. The number of methoxy groups -OCH3 is 1. The largest absolute Gasteiger partial charge is 0.478 e. The van der Waals surface area contributed by atoms with Gasteiger partial charge in [0.1, 0.15) is 0 Å². The van der Waals surface area contributed by atoms with E-state index in [0.717, 1.165) is 36.4 Å². The molecular weight excluding hydrogens is 264 g/mol. The quantitative estimate of drug-likeness (QED) is 0.905. The number of fused-ring (bicyclic) bond motifs is 1. The van der Waals surface area contributed by atoms with Crippen LogP contribution in [0.15, 0.2) is 24.3 Å². The van der Waals surface area contributed by atoms with Crippen molar-refractivity contribution in [2.24, 2.45) is 5.73 Å². The van der Waals surface area contributed by atoms with Crippen LogP contribution in [-0.2, 0) is 0 Å². The maximum absolute atomic E-state index is 5.94. The average Bonchev–Trinajstić information content (AvgIpc) is 2.83. The van der Waals surface area contributed by atoms with Gasteiger partial charge in [-0.05, 0) is 18.6 Å². The van der Waals surface area contributed by atoms with E-state index in [1.165, 1.54) is 0 Å². The molecule has 0 amide bonds. The Labute approximate surface area is 118 Å². The van der Waals surface area contributed by atoms with Gasteiger partial charge in [0.2, 0.25) is 0 Å². The molecular formula is C13H17ClN4O. The van der Waals surface area contributed by atoms with Crippen LogP contribution in [0, 0.1) is 0 Å². The summed E-state index contributed by atoms with van der Waals surface area (Å²) >= 11 is 0. The fourth-order valence-corrected chi connectivity index (χ4v) is 2.30. The summed E-state index contributed by atoms with van der Waals surface area (Å²) in [6.07, 6.45) is 0.984. The molecule has 5 nitrogen and oxygen atoms in total. The van der Waals surface area contributed by atoms with E-state index in [1.807, 2.05) is 24.3 Å². The Morgan fingerprint density at radius 3 is 2.53 bits per heavy atom. The lowest BCUT2D eigenvalue weighted by Gasteiger charge is -2.19.